The lowest BCUT2D eigenvalue weighted by Crippen LogP contribution is -2.29. The zero-order valence-electron chi connectivity index (χ0n) is 14.6. The summed E-state index contributed by atoms with van der Waals surface area (Å²) in [6, 6.07) is 10.3. The largest absolute Gasteiger partial charge is 0.464 e. The van der Waals surface area contributed by atoms with Crippen LogP contribution in [0, 0.1) is 6.92 Å². The van der Waals surface area contributed by atoms with Crippen LogP contribution in [0.25, 0.3) is 10.9 Å². The second kappa shape index (κ2) is 6.41. The molecule has 1 aliphatic rings. The van der Waals surface area contributed by atoms with Crippen molar-refractivity contribution in [1.82, 2.24) is 4.57 Å². The van der Waals surface area contributed by atoms with E-state index >= 15 is 0 Å². The Bertz CT molecular complexity index is 917. The van der Waals surface area contributed by atoms with Crippen LogP contribution in [-0.4, -0.2) is 17.7 Å². The summed E-state index contributed by atoms with van der Waals surface area (Å²) in [5.74, 6) is 1.22. The Balaban J connectivity index is 1.85. The zero-order valence-corrected chi connectivity index (χ0v) is 14.6. The molecule has 2 aromatic heterocycles. The van der Waals surface area contributed by atoms with E-state index in [0.717, 1.165) is 31.6 Å². The average molecular weight is 362 g/mol. The first-order valence-electron chi connectivity index (χ1n) is 8.93. The smallest absolute Gasteiger partial charge is 0.431 e. The summed E-state index contributed by atoms with van der Waals surface area (Å²) in [6.45, 7) is 3.64. The molecule has 1 aromatic carbocycles. The first kappa shape index (κ1) is 17.1. The summed E-state index contributed by atoms with van der Waals surface area (Å²) in [5, 5.41) is 0.657. The fourth-order valence-electron chi connectivity index (χ4n) is 3.81. The topological polar surface area (TPSA) is 21.3 Å². The van der Waals surface area contributed by atoms with Gasteiger partial charge in [-0.1, -0.05) is 6.07 Å². The van der Waals surface area contributed by atoms with Crippen molar-refractivity contribution in [2.24, 2.45) is 0 Å². The van der Waals surface area contributed by atoms with E-state index in [4.69, 9.17) is 4.42 Å². The Kier molecular flexibility index (Phi) is 4.21. The molecule has 3 aromatic rings. The normalized spacial score (nSPS) is 15.8. The first-order chi connectivity index (χ1) is 12.4. The molecule has 0 bridgehead atoms. The molecule has 6 heteroatoms. The minimum absolute atomic E-state index is 0.0651. The molecule has 0 spiro atoms. The van der Waals surface area contributed by atoms with Crippen LogP contribution in [0.1, 0.15) is 36.5 Å². The molecule has 0 unspecified atom stereocenters. The molecule has 138 valence electrons. The number of piperidine rings is 1. The van der Waals surface area contributed by atoms with Gasteiger partial charge < -0.3 is 13.9 Å². The van der Waals surface area contributed by atoms with Gasteiger partial charge in [0.1, 0.15) is 17.2 Å². The van der Waals surface area contributed by atoms with Gasteiger partial charge in [-0.05, 0) is 56.5 Å². The predicted octanol–water partition coefficient (Wildman–Crippen LogP) is 5.60. The molecule has 0 atom stereocenters. The Morgan fingerprint density at radius 3 is 2.46 bits per heavy atom. The van der Waals surface area contributed by atoms with Crippen molar-refractivity contribution in [2.45, 2.75) is 38.9 Å². The van der Waals surface area contributed by atoms with Crippen LogP contribution in [0.2, 0.25) is 0 Å². The number of fused-ring (bicyclic) bond motifs is 1. The minimum Gasteiger partial charge on any atom is -0.464 e. The number of anilines is 1. The fourth-order valence-corrected chi connectivity index (χ4v) is 3.81. The third-order valence-corrected chi connectivity index (χ3v) is 5.02. The number of alkyl halides is 3. The van der Waals surface area contributed by atoms with E-state index in [9.17, 15) is 13.2 Å². The van der Waals surface area contributed by atoms with Crippen molar-refractivity contribution in [2.75, 3.05) is 18.0 Å². The van der Waals surface area contributed by atoms with Gasteiger partial charge in [0.05, 0.1) is 12.1 Å². The van der Waals surface area contributed by atoms with Gasteiger partial charge in [-0.15, -0.1) is 0 Å². The molecule has 1 saturated heterocycles. The van der Waals surface area contributed by atoms with Gasteiger partial charge in [0, 0.05) is 24.2 Å². The number of hydrogen-bond acceptors (Lipinski definition) is 2. The minimum atomic E-state index is -4.42. The van der Waals surface area contributed by atoms with E-state index in [1.165, 1.54) is 17.1 Å². The van der Waals surface area contributed by atoms with Gasteiger partial charge >= 0.3 is 6.18 Å². The Labute approximate surface area is 150 Å². The molecular weight excluding hydrogens is 341 g/mol. The van der Waals surface area contributed by atoms with E-state index < -0.39 is 11.9 Å². The number of halogens is 3. The summed E-state index contributed by atoms with van der Waals surface area (Å²) in [5.41, 5.74) is 0.850. The van der Waals surface area contributed by atoms with E-state index in [1.54, 1.807) is 25.1 Å². The average Bonchev–Trinajstić information content (AvgIpc) is 3.19. The fraction of sp³-hybridized carbons (Fsp3) is 0.400. The van der Waals surface area contributed by atoms with Gasteiger partial charge in [-0.2, -0.15) is 13.2 Å². The van der Waals surface area contributed by atoms with E-state index in [0.29, 0.717) is 22.4 Å². The second-order valence-corrected chi connectivity index (χ2v) is 6.88. The predicted molar refractivity (Wildman–Crippen MR) is 95.6 cm³/mol. The van der Waals surface area contributed by atoms with E-state index in [1.807, 2.05) is 12.1 Å². The van der Waals surface area contributed by atoms with Crippen molar-refractivity contribution >= 4 is 16.6 Å². The van der Waals surface area contributed by atoms with Crippen LogP contribution in [0.15, 0.2) is 40.8 Å². The SMILES string of the molecule is Cc1ccc(Cn2c(C(F)(F)F)cc3c(N4CCCCC4)cccc32)o1. The van der Waals surface area contributed by atoms with Crippen LogP contribution in [0.3, 0.4) is 0 Å². The van der Waals surface area contributed by atoms with E-state index in [-0.39, 0.29) is 6.54 Å². The number of rotatable bonds is 3. The van der Waals surface area contributed by atoms with Gasteiger partial charge in [0.15, 0.2) is 0 Å². The molecule has 1 fully saturated rings. The molecule has 0 aliphatic carbocycles. The van der Waals surface area contributed by atoms with Gasteiger partial charge in [0.25, 0.3) is 0 Å². The lowest BCUT2D eigenvalue weighted by Gasteiger charge is -2.29. The van der Waals surface area contributed by atoms with Crippen molar-refractivity contribution in [1.29, 1.82) is 0 Å². The maximum atomic E-state index is 13.7. The van der Waals surface area contributed by atoms with Crippen LogP contribution in [0.5, 0.6) is 0 Å². The van der Waals surface area contributed by atoms with Crippen molar-refractivity contribution in [3.05, 3.63) is 53.6 Å². The Morgan fingerprint density at radius 2 is 1.81 bits per heavy atom. The summed E-state index contributed by atoms with van der Waals surface area (Å²) in [4.78, 5) is 2.20. The molecule has 3 nitrogen and oxygen atoms in total. The maximum Gasteiger partial charge on any atom is 0.431 e. The molecule has 4 rings (SSSR count). The lowest BCUT2D eigenvalue weighted by atomic mass is 10.1. The number of nitrogens with zero attached hydrogens (tertiary/aromatic N) is 2. The van der Waals surface area contributed by atoms with Gasteiger partial charge in [-0.3, -0.25) is 0 Å². The highest BCUT2D eigenvalue weighted by atomic mass is 19.4. The second-order valence-electron chi connectivity index (χ2n) is 6.88. The van der Waals surface area contributed by atoms with Gasteiger partial charge in [-0.25, -0.2) is 0 Å². The molecule has 0 amide bonds. The molecule has 0 N–H and O–H groups in total. The molecule has 3 heterocycles. The number of aryl methyl sites for hydroxylation is 1. The summed E-state index contributed by atoms with van der Waals surface area (Å²) in [7, 11) is 0. The number of benzene rings is 1. The summed E-state index contributed by atoms with van der Waals surface area (Å²) in [6.07, 6.45) is -1.08. The molecule has 0 radical (unpaired) electrons. The molecule has 0 saturated carbocycles. The van der Waals surface area contributed by atoms with Crippen molar-refractivity contribution in [3.8, 4) is 0 Å². The Morgan fingerprint density at radius 1 is 1.04 bits per heavy atom. The van der Waals surface area contributed by atoms with E-state index in [2.05, 4.69) is 4.90 Å². The van der Waals surface area contributed by atoms with Crippen molar-refractivity contribution < 1.29 is 17.6 Å². The summed E-state index contributed by atoms with van der Waals surface area (Å²) < 4.78 is 48.0. The molecule has 1 aliphatic heterocycles. The highest BCUT2D eigenvalue weighted by Crippen LogP contribution is 2.38. The monoisotopic (exact) mass is 362 g/mol. The highest BCUT2D eigenvalue weighted by molar-refractivity contribution is 5.94. The van der Waals surface area contributed by atoms with Gasteiger partial charge in [0.2, 0.25) is 0 Å². The highest BCUT2D eigenvalue weighted by Gasteiger charge is 2.36. The number of furan rings is 1. The van der Waals surface area contributed by atoms with Crippen LogP contribution >= 0.6 is 0 Å². The first-order valence-corrected chi connectivity index (χ1v) is 8.93. The number of hydrogen-bond donors (Lipinski definition) is 0. The van der Waals surface area contributed by atoms with Crippen LogP contribution in [-0.2, 0) is 12.7 Å². The quantitative estimate of drug-likeness (QED) is 0.605. The lowest BCUT2D eigenvalue weighted by molar-refractivity contribution is -0.143. The molecular formula is C20H21F3N2O. The Hall–Kier alpha value is -2.37. The zero-order chi connectivity index (χ0) is 18.3. The van der Waals surface area contributed by atoms with Crippen LogP contribution < -0.4 is 4.90 Å². The number of aromatic nitrogens is 1. The third kappa shape index (κ3) is 3.08. The standard InChI is InChI=1S/C20H21F3N2O/c1-14-8-9-15(26-14)13-25-18-7-5-6-17(24-10-3-2-4-11-24)16(18)12-19(25)20(21,22)23/h5-9,12H,2-4,10-11,13H2,1H3. The maximum absolute atomic E-state index is 13.7. The molecule has 26 heavy (non-hydrogen) atoms. The van der Waals surface area contributed by atoms with Crippen LogP contribution in [0.4, 0.5) is 18.9 Å². The van der Waals surface area contributed by atoms with Crippen molar-refractivity contribution in [3.63, 3.8) is 0 Å². The summed E-state index contributed by atoms with van der Waals surface area (Å²) >= 11 is 0. The third-order valence-electron chi connectivity index (χ3n) is 5.02.